The molecule has 0 aromatic heterocycles. The first kappa shape index (κ1) is 19.7. The van der Waals surface area contributed by atoms with Crippen LogP contribution in [-0.4, -0.2) is 40.7 Å². The standard InChI is InChI=1S/C19H25FN2O2S/c1-3-5-11-21(12-6-4-2)14-22-18(23)17(25-19(22)24)13-15-7-9-16(20)10-8-15/h7-10,13H,3-6,11-12,14H2,1-2H3/b17-13+. The summed E-state index contributed by atoms with van der Waals surface area (Å²) < 4.78 is 13.0. The van der Waals surface area contributed by atoms with Crippen molar-refractivity contribution in [1.82, 2.24) is 9.80 Å². The van der Waals surface area contributed by atoms with Gasteiger partial charge < -0.3 is 0 Å². The van der Waals surface area contributed by atoms with E-state index in [9.17, 15) is 14.0 Å². The van der Waals surface area contributed by atoms with E-state index in [-0.39, 0.29) is 17.0 Å². The number of unbranched alkanes of at least 4 members (excludes halogenated alkanes) is 2. The van der Waals surface area contributed by atoms with Gasteiger partial charge >= 0.3 is 0 Å². The zero-order valence-electron chi connectivity index (χ0n) is 14.8. The van der Waals surface area contributed by atoms with E-state index in [1.54, 1.807) is 18.2 Å². The second-order valence-corrected chi connectivity index (χ2v) is 7.12. The molecule has 0 spiro atoms. The lowest BCUT2D eigenvalue weighted by atomic mass is 10.2. The lowest BCUT2D eigenvalue weighted by molar-refractivity contribution is -0.124. The van der Waals surface area contributed by atoms with Crippen molar-refractivity contribution in [2.24, 2.45) is 0 Å². The Hall–Kier alpha value is -1.66. The maximum absolute atomic E-state index is 13.0. The molecule has 0 unspecified atom stereocenters. The van der Waals surface area contributed by atoms with Crippen LogP contribution in [0.25, 0.3) is 6.08 Å². The topological polar surface area (TPSA) is 40.6 Å². The summed E-state index contributed by atoms with van der Waals surface area (Å²) in [6, 6.07) is 5.87. The average Bonchev–Trinajstić information content (AvgIpc) is 2.86. The van der Waals surface area contributed by atoms with Crippen molar-refractivity contribution in [3.63, 3.8) is 0 Å². The van der Waals surface area contributed by atoms with Crippen LogP contribution in [0, 0.1) is 5.82 Å². The van der Waals surface area contributed by atoms with Gasteiger partial charge in [-0.3, -0.25) is 19.4 Å². The SMILES string of the molecule is CCCCN(CCCC)CN1C(=O)S/C(=C/c2ccc(F)cc2)C1=O. The largest absolute Gasteiger partial charge is 0.294 e. The van der Waals surface area contributed by atoms with Gasteiger partial charge in [-0.2, -0.15) is 0 Å². The Kier molecular flexibility index (Phi) is 7.65. The molecule has 136 valence electrons. The van der Waals surface area contributed by atoms with Crippen LogP contribution < -0.4 is 0 Å². The molecule has 1 aromatic rings. The van der Waals surface area contributed by atoms with E-state index in [4.69, 9.17) is 0 Å². The zero-order chi connectivity index (χ0) is 18.2. The van der Waals surface area contributed by atoms with Gasteiger partial charge in [0, 0.05) is 0 Å². The molecule has 1 aliphatic heterocycles. The normalized spacial score (nSPS) is 16.5. The Bertz CT molecular complexity index is 623. The highest BCUT2D eigenvalue weighted by molar-refractivity contribution is 8.18. The van der Waals surface area contributed by atoms with Crippen molar-refractivity contribution in [3.05, 3.63) is 40.6 Å². The minimum Gasteiger partial charge on any atom is -0.286 e. The monoisotopic (exact) mass is 364 g/mol. The van der Waals surface area contributed by atoms with Crippen LogP contribution in [0.1, 0.15) is 45.1 Å². The molecule has 0 aliphatic carbocycles. The van der Waals surface area contributed by atoms with Crippen LogP contribution in [-0.2, 0) is 4.79 Å². The van der Waals surface area contributed by atoms with Crippen molar-refractivity contribution in [1.29, 1.82) is 0 Å². The van der Waals surface area contributed by atoms with Gasteiger partial charge in [0.15, 0.2) is 0 Å². The Balaban J connectivity index is 2.07. The molecule has 4 nitrogen and oxygen atoms in total. The first-order chi connectivity index (χ1) is 12.0. The molecule has 0 saturated carbocycles. The highest BCUT2D eigenvalue weighted by Crippen LogP contribution is 2.32. The Morgan fingerprint density at radius 2 is 1.68 bits per heavy atom. The number of nitrogens with zero attached hydrogens (tertiary/aromatic N) is 2. The number of halogens is 1. The third kappa shape index (κ3) is 5.68. The van der Waals surface area contributed by atoms with Gasteiger partial charge in [0.1, 0.15) is 5.82 Å². The van der Waals surface area contributed by atoms with Crippen molar-refractivity contribution in [2.75, 3.05) is 19.8 Å². The molecule has 0 radical (unpaired) electrons. The fraction of sp³-hybridized carbons (Fsp3) is 0.474. The number of carbonyl (C=O) groups is 2. The molecule has 0 bridgehead atoms. The predicted molar refractivity (Wildman–Crippen MR) is 100 cm³/mol. The van der Waals surface area contributed by atoms with E-state index in [0.717, 1.165) is 50.5 Å². The van der Waals surface area contributed by atoms with Crippen LogP contribution in [0.15, 0.2) is 29.2 Å². The maximum Gasteiger partial charge on any atom is 0.294 e. The third-order valence-electron chi connectivity index (χ3n) is 4.04. The number of thioether (sulfide) groups is 1. The van der Waals surface area contributed by atoms with Crippen LogP contribution in [0.3, 0.4) is 0 Å². The third-order valence-corrected chi connectivity index (χ3v) is 4.95. The summed E-state index contributed by atoms with van der Waals surface area (Å²) in [6.07, 6.45) is 5.90. The van der Waals surface area contributed by atoms with Gasteiger partial charge in [0.25, 0.3) is 11.1 Å². The highest BCUT2D eigenvalue weighted by Gasteiger charge is 2.35. The van der Waals surface area contributed by atoms with E-state index >= 15 is 0 Å². The summed E-state index contributed by atoms with van der Waals surface area (Å²) >= 11 is 0.949. The molecule has 1 fully saturated rings. The van der Waals surface area contributed by atoms with E-state index in [0.29, 0.717) is 17.1 Å². The number of rotatable bonds is 9. The summed E-state index contributed by atoms with van der Waals surface area (Å²) in [5.74, 6) is -0.593. The van der Waals surface area contributed by atoms with Crippen molar-refractivity contribution in [2.45, 2.75) is 39.5 Å². The predicted octanol–water partition coefficient (Wildman–Crippen LogP) is 4.72. The molecule has 0 atom stereocenters. The molecule has 25 heavy (non-hydrogen) atoms. The molecule has 1 heterocycles. The van der Waals surface area contributed by atoms with E-state index in [1.165, 1.54) is 17.0 Å². The van der Waals surface area contributed by atoms with Crippen LogP contribution in [0.5, 0.6) is 0 Å². The number of hydrogen-bond donors (Lipinski definition) is 0. The van der Waals surface area contributed by atoms with Crippen LogP contribution >= 0.6 is 11.8 Å². The number of hydrogen-bond acceptors (Lipinski definition) is 4. The van der Waals surface area contributed by atoms with Gasteiger partial charge in [-0.25, -0.2) is 4.39 Å². The molecular weight excluding hydrogens is 339 g/mol. The molecule has 0 N–H and O–H groups in total. The van der Waals surface area contributed by atoms with Gasteiger partial charge in [-0.1, -0.05) is 38.8 Å². The fourth-order valence-electron chi connectivity index (χ4n) is 2.55. The van der Waals surface area contributed by atoms with Crippen LogP contribution in [0.2, 0.25) is 0 Å². The molecule has 1 aliphatic rings. The smallest absolute Gasteiger partial charge is 0.286 e. The Morgan fingerprint density at radius 3 is 2.24 bits per heavy atom. The van der Waals surface area contributed by atoms with Crippen molar-refractivity contribution >= 4 is 29.0 Å². The maximum atomic E-state index is 13.0. The lowest BCUT2D eigenvalue weighted by Crippen LogP contribution is -2.41. The van der Waals surface area contributed by atoms with E-state index in [1.807, 2.05) is 0 Å². The van der Waals surface area contributed by atoms with Gasteiger partial charge in [-0.15, -0.1) is 0 Å². The average molecular weight is 364 g/mol. The molecule has 1 saturated heterocycles. The number of imide groups is 1. The second kappa shape index (κ2) is 9.73. The van der Waals surface area contributed by atoms with Crippen molar-refractivity contribution < 1.29 is 14.0 Å². The number of amides is 2. The summed E-state index contributed by atoms with van der Waals surface area (Å²) in [7, 11) is 0. The van der Waals surface area contributed by atoms with Gasteiger partial charge in [0.05, 0.1) is 11.6 Å². The second-order valence-electron chi connectivity index (χ2n) is 6.13. The molecule has 1 aromatic carbocycles. The summed E-state index contributed by atoms with van der Waals surface area (Å²) in [6.45, 7) is 6.36. The summed E-state index contributed by atoms with van der Waals surface area (Å²) in [5, 5.41) is -0.239. The molecule has 2 amide bonds. The number of carbonyl (C=O) groups excluding carboxylic acids is 2. The van der Waals surface area contributed by atoms with E-state index in [2.05, 4.69) is 18.7 Å². The molecule has 6 heteroatoms. The van der Waals surface area contributed by atoms with Crippen molar-refractivity contribution in [3.8, 4) is 0 Å². The summed E-state index contributed by atoms with van der Waals surface area (Å²) in [5.41, 5.74) is 0.709. The Morgan fingerprint density at radius 1 is 1.08 bits per heavy atom. The van der Waals surface area contributed by atoms with E-state index < -0.39 is 0 Å². The van der Waals surface area contributed by atoms with Gasteiger partial charge in [-0.05, 0) is 61.5 Å². The minimum atomic E-state index is -0.326. The molecule has 2 rings (SSSR count). The fourth-order valence-corrected chi connectivity index (χ4v) is 3.38. The van der Waals surface area contributed by atoms with Gasteiger partial charge in [0.2, 0.25) is 0 Å². The zero-order valence-corrected chi connectivity index (χ0v) is 15.7. The first-order valence-corrected chi connectivity index (χ1v) is 9.60. The molecular formula is C19H25FN2O2S. The van der Waals surface area contributed by atoms with Crippen LogP contribution in [0.4, 0.5) is 9.18 Å². The first-order valence-electron chi connectivity index (χ1n) is 8.78. The quantitative estimate of drug-likeness (QED) is 0.595. The Labute approximate surface area is 153 Å². The minimum absolute atomic E-state index is 0.239. The lowest BCUT2D eigenvalue weighted by Gasteiger charge is -2.26. The number of benzene rings is 1. The summed E-state index contributed by atoms with van der Waals surface area (Å²) in [4.78, 5) is 28.7. The highest BCUT2D eigenvalue weighted by atomic mass is 32.2.